The number of rotatable bonds is 0. The molecule has 13 heavy (non-hydrogen) atoms. The zero-order valence-electron chi connectivity index (χ0n) is 8.81. The molecule has 1 aromatic carbocycles. The minimum atomic E-state index is -0.0253. The van der Waals surface area contributed by atoms with Gasteiger partial charge in [0.1, 0.15) is 5.75 Å². The van der Waals surface area contributed by atoms with Crippen LogP contribution in [0.2, 0.25) is 0 Å². The summed E-state index contributed by atoms with van der Waals surface area (Å²) in [5.74, 6) is 0.332. The Bertz CT molecular complexity index is 319. The third-order valence-electron chi connectivity index (χ3n) is 2.14. The van der Waals surface area contributed by atoms with Crippen LogP contribution in [0.15, 0.2) is 12.1 Å². The van der Waals surface area contributed by atoms with Crippen molar-refractivity contribution in [2.24, 2.45) is 0 Å². The van der Waals surface area contributed by atoms with Gasteiger partial charge in [0.05, 0.1) is 0 Å². The Morgan fingerprint density at radius 2 is 1.77 bits per heavy atom. The van der Waals surface area contributed by atoms with Gasteiger partial charge in [0, 0.05) is 0 Å². The summed E-state index contributed by atoms with van der Waals surface area (Å²) < 4.78 is 0. The molecule has 0 spiro atoms. The highest BCUT2D eigenvalue weighted by atomic mass is 16.3. The van der Waals surface area contributed by atoms with Gasteiger partial charge in [0.25, 0.3) is 0 Å². The highest BCUT2D eigenvalue weighted by molar-refractivity contribution is 5.47. The highest BCUT2D eigenvalue weighted by Gasteiger charge is 2.19. The first-order chi connectivity index (χ1) is 5.82. The molecular formula is C12H17O. The second-order valence-corrected chi connectivity index (χ2v) is 4.57. The van der Waals surface area contributed by atoms with Crippen LogP contribution in [-0.4, -0.2) is 5.11 Å². The van der Waals surface area contributed by atoms with Crippen molar-refractivity contribution in [1.29, 1.82) is 0 Å². The molecule has 0 saturated carbocycles. The van der Waals surface area contributed by atoms with Gasteiger partial charge >= 0.3 is 0 Å². The SMILES string of the molecule is [CH2]c1cc(C)cc(C(C)(C)C)c1O. The summed E-state index contributed by atoms with van der Waals surface area (Å²) in [6.07, 6.45) is 0. The summed E-state index contributed by atoms with van der Waals surface area (Å²) in [6, 6.07) is 3.91. The summed E-state index contributed by atoms with van der Waals surface area (Å²) in [6.45, 7) is 12.1. The standard InChI is InChI=1S/C12H17O/c1-8-6-9(2)11(13)10(7-8)12(3,4)5/h6-7,13H,2H2,1,3-5H3. The molecule has 1 heteroatoms. The Labute approximate surface area is 80.4 Å². The molecule has 1 aromatic rings. The van der Waals surface area contributed by atoms with Crippen LogP contribution in [-0.2, 0) is 5.41 Å². The van der Waals surface area contributed by atoms with Gasteiger partial charge in [-0.15, -0.1) is 0 Å². The van der Waals surface area contributed by atoms with Crippen molar-refractivity contribution in [2.45, 2.75) is 33.1 Å². The van der Waals surface area contributed by atoms with Gasteiger partial charge in [-0.2, -0.15) is 0 Å². The second-order valence-electron chi connectivity index (χ2n) is 4.57. The fourth-order valence-corrected chi connectivity index (χ4v) is 1.43. The van der Waals surface area contributed by atoms with Crippen molar-refractivity contribution in [3.63, 3.8) is 0 Å². The highest BCUT2D eigenvalue weighted by Crippen LogP contribution is 2.33. The molecule has 0 heterocycles. The van der Waals surface area contributed by atoms with E-state index in [1.807, 2.05) is 19.1 Å². The largest absolute Gasteiger partial charge is 0.507 e. The van der Waals surface area contributed by atoms with E-state index in [9.17, 15) is 5.11 Å². The molecule has 0 amide bonds. The molecule has 71 valence electrons. The van der Waals surface area contributed by atoms with Crippen LogP contribution in [0.4, 0.5) is 0 Å². The van der Waals surface area contributed by atoms with Crippen LogP contribution >= 0.6 is 0 Å². The van der Waals surface area contributed by atoms with E-state index in [0.29, 0.717) is 11.3 Å². The molecule has 0 aliphatic rings. The summed E-state index contributed by atoms with van der Waals surface area (Å²) in [5.41, 5.74) is 2.80. The van der Waals surface area contributed by atoms with Crippen molar-refractivity contribution in [3.8, 4) is 5.75 Å². The summed E-state index contributed by atoms with van der Waals surface area (Å²) in [5, 5.41) is 9.80. The van der Waals surface area contributed by atoms with Crippen LogP contribution in [0.1, 0.15) is 37.5 Å². The number of phenolic OH excluding ortho intramolecular Hbond substituents is 1. The lowest BCUT2D eigenvalue weighted by atomic mass is 9.84. The Balaban J connectivity index is 3.37. The van der Waals surface area contributed by atoms with E-state index in [2.05, 4.69) is 27.7 Å². The molecule has 1 N–H and O–H groups in total. The number of benzene rings is 1. The number of aromatic hydroxyl groups is 1. The lowest BCUT2D eigenvalue weighted by Crippen LogP contribution is -2.12. The Morgan fingerprint density at radius 3 is 2.23 bits per heavy atom. The third kappa shape index (κ3) is 2.03. The number of hydrogen-bond donors (Lipinski definition) is 1. The Hall–Kier alpha value is -0.980. The lowest BCUT2D eigenvalue weighted by Gasteiger charge is -2.22. The molecule has 0 aliphatic carbocycles. The van der Waals surface area contributed by atoms with Crippen LogP contribution < -0.4 is 0 Å². The summed E-state index contributed by atoms with van der Waals surface area (Å²) in [4.78, 5) is 0. The minimum absolute atomic E-state index is 0.0253. The topological polar surface area (TPSA) is 20.2 Å². The summed E-state index contributed by atoms with van der Waals surface area (Å²) in [7, 11) is 0. The van der Waals surface area contributed by atoms with Crippen molar-refractivity contribution in [2.75, 3.05) is 0 Å². The van der Waals surface area contributed by atoms with Crippen molar-refractivity contribution >= 4 is 0 Å². The number of aryl methyl sites for hydroxylation is 1. The van der Waals surface area contributed by atoms with E-state index in [4.69, 9.17) is 0 Å². The molecule has 1 radical (unpaired) electrons. The van der Waals surface area contributed by atoms with E-state index in [0.717, 1.165) is 11.1 Å². The van der Waals surface area contributed by atoms with Crippen molar-refractivity contribution in [3.05, 3.63) is 35.7 Å². The molecule has 0 bridgehead atoms. The zero-order chi connectivity index (χ0) is 10.2. The Morgan fingerprint density at radius 1 is 1.23 bits per heavy atom. The molecule has 0 aromatic heterocycles. The average molecular weight is 177 g/mol. The summed E-state index contributed by atoms with van der Waals surface area (Å²) >= 11 is 0. The van der Waals surface area contributed by atoms with Crippen molar-refractivity contribution < 1.29 is 5.11 Å². The van der Waals surface area contributed by atoms with E-state index in [1.165, 1.54) is 0 Å². The van der Waals surface area contributed by atoms with Gasteiger partial charge in [-0.25, -0.2) is 0 Å². The van der Waals surface area contributed by atoms with E-state index < -0.39 is 0 Å². The fourth-order valence-electron chi connectivity index (χ4n) is 1.43. The predicted molar refractivity (Wildman–Crippen MR) is 56.0 cm³/mol. The molecule has 0 atom stereocenters. The molecule has 0 unspecified atom stereocenters. The van der Waals surface area contributed by atoms with Gasteiger partial charge in [-0.1, -0.05) is 38.5 Å². The quantitative estimate of drug-likeness (QED) is 0.645. The third-order valence-corrected chi connectivity index (χ3v) is 2.14. The maximum atomic E-state index is 9.80. The van der Waals surface area contributed by atoms with Crippen LogP contribution in [0, 0.1) is 13.8 Å². The Kier molecular flexibility index (Phi) is 2.38. The molecule has 0 fully saturated rings. The van der Waals surface area contributed by atoms with E-state index in [-0.39, 0.29) is 5.41 Å². The maximum Gasteiger partial charge on any atom is 0.122 e. The fraction of sp³-hybridized carbons (Fsp3) is 0.417. The molecule has 0 saturated heterocycles. The lowest BCUT2D eigenvalue weighted by molar-refractivity contribution is 0.444. The molecular weight excluding hydrogens is 160 g/mol. The number of phenols is 1. The van der Waals surface area contributed by atoms with E-state index in [1.54, 1.807) is 0 Å². The van der Waals surface area contributed by atoms with Crippen LogP contribution in [0.5, 0.6) is 5.75 Å². The first-order valence-corrected chi connectivity index (χ1v) is 4.48. The molecule has 0 aliphatic heterocycles. The monoisotopic (exact) mass is 177 g/mol. The van der Waals surface area contributed by atoms with Gasteiger partial charge in [0.15, 0.2) is 0 Å². The van der Waals surface area contributed by atoms with Gasteiger partial charge in [-0.3, -0.25) is 0 Å². The second kappa shape index (κ2) is 3.06. The normalized spacial score (nSPS) is 11.8. The average Bonchev–Trinajstić information content (AvgIpc) is 1.94. The van der Waals surface area contributed by atoms with Gasteiger partial charge < -0.3 is 5.11 Å². The van der Waals surface area contributed by atoms with Crippen LogP contribution in [0.25, 0.3) is 0 Å². The molecule has 1 rings (SSSR count). The molecule has 1 nitrogen and oxygen atoms in total. The predicted octanol–water partition coefficient (Wildman–Crippen LogP) is 3.18. The van der Waals surface area contributed by atoms with Gasteiger partial charge in [-0.05, 0) is 30.4 Å². The van der Waals surface area contributed by atoms with E-state index >= 15 is 0 Å². The maximum absolute atomic E-state index is 9.80. The first kappa shape index (κ1) is 10.1. The van der Waals surface area contributed by atoms with Crippen molar-refractivity contribution in [1.82, 2.24) is 0 Å². The van der Waals surface area contributed by atoms with Crippen LogP contribution in [0.3, 0.4) is 0 Å². The zero-order valence-corrected chi connectivity index (χ0v) is 8.81. The smallest absolute Gasteiger partial charge is 0.122 e. The number of hydrogen-bond acceptors (Lipinski definition) is 1. The first-order valence-electron chi connectivity index (χ1n) is 4.48. The minimum Gasteiger partial charge on any atom is -0.507 e. The van der Waals surface area contributed by atoms with Gasteiger partial charge in [0.2, 0.25) is 0 Å².